The molecule has 6 nitrogen and oxygen atoms in total. The van der Waals surface area contributed by atoms with Crippen molar-refractivity contribution in [2.45, 2.75) is 6.61 Å². The molecule has 0 spiro atoms. The summed E-state index contributed by atoms with van der Waals surface area (Å²) in [6, 6.07) is 27.6. The van der Waals surface area contributed by atoms with Crippen molar-refractivity contribution in [2.24, 2.45) is 5.10 Å². The predicted molar refractivity (Wildman–Crippen MR) is 114 cm³/mol. The van der Waals surface area contributed by atoms with Gasteiger partial charge in [-0.05, 0) is 35.4 Å². The molecule has 4 rings (SSSR count). The lowest BCUT2D eigenvalue weighted by molar-refractivity contribution is 0.306. The molecule has 0 amide bonds. The molecule has 0 saturated heterocycles. The zero-order chi connectivity index (χ0) is 19.7. The fourth-order valence-electron chi connectivity index (χ4n) is 2.65. The summed E-state index contributed by atoms with van der Waals surface area (Å²) in [5.74, 6) is 1.15. The third kappa shape index (κ3) is 5.23. The van der Waals surface area contributed by atoms with Crippen LogP contribution in [0.1, 0.15) is 11.1 Å². The molecular weight excluding hydrogens is 362 g/mol. The fraction of sp³-hybridized carbons (Fsp3) is 0.0435. The maximum Gasteiger partial charge on any atom is 0.263 e. The second-order valence-electron chi connectivity index (χ2n) is 6.24. The van der Waals surface area contributed by atoms with Crippen LogP contribution in [0.5, 0.6) is 5.75 Å². The molecule has 4 aromatic rings. The first-order chi connectivity index (χ1) is 14.4. The van der Waals surface area contributed by atoms with Gasteiger partial charge in [-0.2, -0.15) is 10.2 Å². The Hall–Kier alpha value is -4.06. The highest BCUT2D eigenvalue weighted by Crippen LogP contribution is 2.16. The molecule has 1 N–H and O–H groups in total. The molecule has 29 heavy (non-hydrogen) atoms. The van der Waals surface area contributed by atoms with Crippen molar-refractivity contribution in [2.75, 3.05) is 5.43 Å². The molecule has 142 valence electrons. The van der Waals surface area contributed by atoms with E-state index in [1.807, 2.05) is 84.9 Å². The third-order valence-corrected chi connectivity index (χ3v) is 4.13. The Bertz CT molecular complexity index is 1070. The third-order valence-electron chi connectivity index (χ3n) is 4.13. The molecule has 1 heterocycles. The number of nitrogens with zero attached hydrogens (tertiary/aromatic N) is 4. The van der Waals surface area contributed by atoms with E-state index < -0.39 is 0 Å². The van der Waals surface area contributed by atoms with E-state index >= 15 is 0 Å². The number of benzene rings is 3. The van der Waals surface area contributed by atoms with Crippen molar-refractivity contribution in [3.8, 4) is 17.0 Å². The monoisotopic (exact) mass is 381 g/mol. The van der Waals surface area contributed by atoms with Crippen LogP contribution in [0.15, 0.2) is 96.2 Å². The van der Waals surface area contributed by atoms with Gasteiger partial charge in [0.05, 0.1) is 18.1 Å². The minimum atomic E-state index is 0.338. The van der Waals surface area contributed by atoms with E-state index in [1.54, 1.807) is 12.4 Å². The molecule has 3 aromatic carbocycles. The van der Waals surface area contributed by atoms with E-state index in [0.29, 0.717) is 12.6 Å². The SMILES string of the molecule is C(=N/Nc1nncc(-c2ccccc2)n1)/c1ccc(OCc2ccccc2)cc1. The van der Waals surface area contributed by atoms with E-state index in [2.05, 4.69) is 25.7 Å². The number of aromatic nitrogens is 3. The summed E-state index contributed by atoms with van der Waals surface area (Å²) in [6.45, 7) is 0.540. The number of rotatable bonds is 7. The summed E-state index contributed by atoms with van der Waals surface area (Å²) in [7, 11) is 0. The molecule has 0 aliphatic heterocycles. The normalized spacial score (nSPS) is 10.8. The van der Waals surface area contributed by atoms with Crippen LogP contribution in [0.25, 0.3) is 11.3 Å². The van der Waals surface area contributed by atoms with Gasteiger partial charge in [0.15, 0.2) is 0 Å². The molecule has 0 saturated carbocycles. The molecule has 0 aliphatic rings. The molecular formula is C23H19N5O. The average molecular weight is 381 g/mol. The van der Waals surface area contributed by atoms with E-state index in [0.717, 1.165) is 28.1 Å². The van der Waals surface area contributed by atoms with Crippen molar-refractivity contribution >= 4 is 12.2 Å². The fourth-order valence-corrected chi connectivity index (χ4v) is 2.65. The minimum absolute atomic E-state index is 0.338. The van der Waals surface area contributed by atoms with Crippen molar-refractivity contribution in [3.63, 3.8) is 0 Å². The minimum Gasteiger partial charge on any atom is -0.489 e. The topological polar surface area (TPSA) is 72.3 Å². The molecule has 0 aliphatic carbocycles. The van der Waals surface area contributed by atoms with Crippen LogP contribution in [0.3, 0.4) is 0 Å². The van der Waals surface area contributed by atoms with Crippen LogP contribution in [0.4, 0.5) is 5.95 Å². The Balaban J connectivity index is 1.34. The first-order valence-corrected chi connectivity index (χ1v) is 9.18. The highest BCUT2D eigenvalue weighted by Gasteiger charge is 2.02. The Morgan fingerprint density at radius 2 is 1.59 bits per heavy atom. The Morgan fingerprint density at radius 3 is 2.34 bits per heavy atom. The van der Waals surface area contributed by atoms with Gasteiger partial charge in [0, 0.05) is 5.56 Å². The molecule has 0 radical (unpaired) electrons. The van der Waals surface area contributed by atoms with Gasteiger partial charge in [0.25, 0.3) is 5.95 Å². The molecule has 1 aromatic heterocycles. The van der Waals surface area contributed by atoms with Crippen molar-refractivity contribution in [1.82, 2.24) is 15.2 Å². The summed E-state index contributed by atoms with van der Waals surface area (Å²) in [4.78, 5) is 4.42. The second kappa shape index (κ2) is 9.23. The number of nitrogens with one attached hydrogen (secondary N) is 1. The number of hydrogen-bond acceptors (Lipinski definition) is 6. The van der Waals surface area contributed by atoms with Gasteiger partial charge in [-0.3, -0.25) is 0 Å². The van der Waals surface area contributed by atoms with E-state index in [4.69, 9.17) is 4.74 Å². The zero-order valence-electron chi connectivity index (χ0n) is 15.6. The van der Waals surface area contributed by atoms with Gasteiger partial charge in [-0.1, -0.05) is 60.7 Å². The second-order valence-corrected chi connectivity index (χ2v) is 6.24. The quantitative estimate of drug-likeness (QED) is 0.375. The molecule has 0 bridgehead atoms. The Kier molecular flexibility index (Phi) is 5.83. The first kappa shape index (κ1) is 18.3. The average Bonchev–Trinajstić information content (AvgIpc) is 2.80. The number of hydrazone groups is 1. The van der Waals surface area contributed by atoms with Crippen LogP contribution >= 0.6 is 0 Å². The zero-order valence-corrected chi connectivity index (χ0v) is 15.6. The summed E-state index contributed by atoms with van der Waals surface area (Å²) in [5.41, 5.74) is 6.59. The van der Waals surface area contributed by atoms with Crippen LogP contribution in [-0.2, 0) is 6.61 Å². The number of hydrogen-bond donors (Lipinski definition) is 1. The van der Waals surface area contributed by atoms with Gasteiger partial charge in [-0.15, -0.1) is 5.10 Å². The van der Waals surface area contributed by atoms with Gasteiger partial charge in [0.1, 0.15) is 12.4 Å². The lowest BCUT2D eigenvalue weighted by Crippen LogP contribution is -2.00. The largest absolute Gasteiger partial charge is 0.489 e. The highest BCUT2D eigenvalue weighted by molar-refractivity contribution is 5.80. The lowest BCUT2D eigenvalue weighted by atomic mass is 10.2. The summed E-state index contributed by atoms with van der Waals surface area (Å²) in [6.07, 6.45) is 3.32. The summed E-state index contributed by atoms with van der Waals surface area (Å²) >= 11 is 0. The number of anilines is 1. The van der Waals surface area contributed by atoms with E-state index in [9.17, 15) is 0 Å². The van der Waals surface area contributed by atoms with Crippen LogP contribution < -0.4 is 10.2 Å². The van der Waals surface area contributed by atoms with Crippen LogP contribution in [0, 0.1) is 0 Å². The van der Waals surface area contributed by atoms with Gasteiger partial charge in [-0.25, -0.2) is 10.4 Å². The van der Waals surface area contributed by atoms with E-state index in [-0.39, 0.29) is 0 Å². The smallest absolute Gasteiger partial charge is 0.263 e. The highest BCUT2D eigenvalue weighted by atomic mass is 16.5. The van der Waals surface area contributed by atoms with E-state index in [1.165, 1.54) is 0 Å². The summed E-state index contributed by atoms with van der Waals surface area (Å²) in [5, 5.41) is 12.1. The van der Waals surface area contributed by atoms with Crippen molar-refractivity contribution in [3.05, 3.63) is 102 Å². The van der Waals surface area contributed by atoms with Gasteiger partial charge >= 0.3 is 0 Å². The van der Waals surface area contributed by atoms with Crippen molar-refractivity contribution < 1.29 is 4.74 Å². The van der Waals surface area contributed by atoms with Crippen molar-refractivity contribution in [1.29, 1.82) is 0 Å². The molecule has 0 unspecified atom stereocenters. The lowest BCUT2D eigenvalue weighted by Gasteiger charge is -2.06. The first-order valence-electron chi connectivity index (χ1n) is 9.18. The van der Waals surface area contributed by atoms with Gasteiger partial charge < -0.3 is 4.74 Å². The Morgan fingerprint density at radius 1 is 0.862 bits per heavy atom. The van der Waals surface area contributed by atoms with Gasteiger partial charge in [0.2, 0.25) is 0 Å². The summed E-state index contributed by atoms with van der Waals surface area (Å²) < 4.78 is 5.79. The molecule has 6 heteroatoms. The molecule has 0 fully saturated rings. The van der Waals surface area contributed by atoms with Crippen LogP contribution in [0.2, 0.25) is 0 Å². The molecule has 0 atom stereocenters. The Labute approximate surface area is 168 Å². The predicted octanol–water partition coefficient (Wildman–Crippen LogP) is 4.56. The maximum atomic E-state index is 5.79. The standard InChI is InChI=1S/C23H19N5O/c1-3-7-19(8-4-1)17-29-21-13-11-18(12-14-21)15-24-27-23-26-22(16-25-28-23)20-9-5-2-6-10-20/h1-16H,17H2,(H,26,27,28)/b24-15-. The van der Waals surface area contributed by atoms with Crippen LogP contribution in [-0.4, -0.2) is 21.4 Å². The maximum absolute atomic E-state index is 5.79. The number of ether oxygens (including phenoxy) is 1.